The van der Waals surface area contributed by atoms with Crippen molar-refractivity contribution in [1.82, 2.24) is 0 Å². The molecule has 20 heavy (non-hydrogen) atoms. The number of phosphoric acid groups is 1. The highest BCUT2D eigenvalue weighted by atomic mass is 31.2. The zero-order chi connectivity index (χ0) is 15.4. The van der Waals surface area contributed by atoms with Gasteiger partial charge in [-0.2, -0.15) is 0 Å². The first-order valence-electron chi connectivity index (χ1n) is 6.91. The Morgan fingerprint density at radius 2 is 1.65 bits per heavy atom. The lowest BCUT2D eigenvalue weighted by Crippen LogP contribution is -2.14. The van der Waals surface area contributed by atoms with Crippen LogP contribution in [0.5, 0.6) is 5.75 Å². The number of hydrogen-bond donors (Lipinski definition) is 0. The maximum absolute atomic E-state index is 12.5. The van der Waals surface area contributed by atoms with Crippen LogP contribution in [-0.4, -0.2) is 13.2 Å². The molecule has 0 unspecified atom stereocenters. The van der Waals surface area contributed by atoms with E-state index in [1.807, 2.05) is 25.1 Å². The third kappa shape index (κ3) is 4.62. The summed E-state index contributed by atoms with van der Waals surface area (Å²) < 4.78 is 28.5. The Labute approximate surface area is 122 Å². The molecule has 0 atom stereocenters. The van der Waals surface area contributed by atoms with Crippen molar-refractivity contribution in [3.05, 3.63) is 29.3 Å². The molecule has 1 rings (SSSR count). The molecular formula is C15H25O4P. The monoisotopic (exact) mass is 300 g/mol. The molecule has 0 N–H and O–H groups in total. The molecule has 1 aromatic carbocycles. The van der Waals surface area contributed by atoms with Gasteiger partial charge in [-0.15, -0.1) is 0 Å². The summed E-state index contributed by atoms with van der Waals surface area (Å²) in [6.45, 7) is 12.3. The number of aryl methyl sites for hydroxylation is 1. The number of rotatable bonds is 6. The molecule has 0 spiro atoms. The molecule has 4 nitrogen and oxygen atoms in total. The van der Waals surface area contributed by atoms with E-state index in [0.717, 1.165) is 11.1 Å². The topological polar surface area (TPSA) is 44.8 Å². The zero-order valence-corrected chi connectivity index (χ0v) is 14.1. The number of benzene rings is 1. The highest BCUT2D eigenvalue weighted by Gasteiger charge is 2.30. The largest absolute Gasteiger partial charge is 0.530 e. The van der Waals surface area contributed by atoms with Gasteiger partial charge < -0.3 is 4.52 Å². The van der Waals surface area contributed by atoms with Crippen molar-refractivity contribution in [2.24, 2.45) is 0 Å². The Bertz CT molecular complexity index is 481. The molecule has 0 amide bonds. The van der Waals surface area contributed by atoms with Gasteiger partial charge in [0.25, 0.3) is 0 Å². The average Bonchev–Trinajstić information content (AvgIpc) is 2.30. The maximum atomic E-state index is 12.5. The Morgan fingerprint density at radius 1 is 1.10 bits per heavy atom. The highest BCUT2D eigenvalue weighted by Crippen LogP contribution is 2.51. The second kappa shape index (κ2) is 6.75. The molecule has 1 aromatic rings. The quantitative estimate of drug-likeness (QED) is 0.704. The molecule has 0 aliphatic carbocycles. The molecular weight excluding hydrogens is 275 g/mol. The second-order valence-electron chi connectivity index (χ2n) is 5.62. The van der Waals surface area contributed by atoms with E-state index in [1.54, 1.807) is 13.8 Å². The van der Waals surface area contributed by atoms with Gasteiger partial charge in [-0.1, -0.05) is 38.5 Å². The van der Waals surface area contributed by atoms with Crippen molar-refractivity contribution >= 4 is 7.82 Å². The Morgan fingerprint density at radius 3 is 2.10 bits per heavy atom. The van der Waals surface area contributed by atoms with Crippen molar-refractivity contribution in [2.75, 3.05) is 13.2 Å². The lowest BCUT2D eigenvalue weighted by molar-refractivity contribution is 0.167. The van der Waals surface area contributed by atoms with E-state index in [-0.39, 0.29) is 18.6 Å². The van der Waals surface area contributed by atoms with Crippen LogP contribution in [0.4, 0.5) is 0 Å². The first-order chi connectivity index (χ1) is 9.22. The van der Waals surface area contributed by atoms with Gasteiger partial charge >= 0.3 is 7.82 Å². The first kappa shape index (κ1) is 17.2. The van der Waals surface area contributed by atoms with Gasteiger partial charge in [-0.25, -0.2) is 4.57 Å². The summed E-state index contributed by atoms with van der Waals surface area (Å²) in [7, 11) is -3.55. The van der Waals surface area contributed by atoms with Crippen LogP contribution in [-0.2, 0) is 19.0 Å². The lowest BCUT2D eigenvalue weighted by atomic mass is 9.85. The molecule has 0 bridgehead atoms. The SMILES string of the molecule is CCOP(=O)(OCC)Oc1ccc(C)cc1C(C)(C)C. The molecule has 0 fully saturated rings. The van der Waals surface area contributed by atoms with Crippen LogP contribution in [0.25, 0.3) is 0 Å². The lowest BCUT2D eigenvalue weighted by Gasteiger charge is -2.25. The minimum atomic E-state index is -3.55. The van der Waals surface area contributed by atoms with E-state index in [4.69, 9.17) is 13.6 Å². The smallest absolute Gasteiger partial charge is 0.404 e. The Balaban J connectivity index is 3.16. The molecule has 0 aliphatic rings. The molecule has 0 saturated carbocycles. The van der Waals surface area contributed by atoms with Crippen LogP contribution >= 0.6 is 7.82 Å². The van der Waals surface area contributed by atoms with Gasteiger partial charge in [0, 0.05) is 5.56 Å². The van der Waals surface area contributed by atoms with Crippen molar-refractivity contribution in [1.29, 1.82) is 0 Å². The summed E-state index contributed by atoms with van der Waals surface area (Å²) in [5, 5.41) is 0. The third-order valence-electron chi connectivity index (χ3n) is 2.73. The van der Waals surface area contributed by atoms with Crippen LogP contribution in [0.1, 0.15) is 45.7 Å². The molecule has 0 aromatic heterocycles. The van der Waals surface area contributed by atoms with E-state index in [2.05, 4.69) is 20.8 Å². The minimum absolute atomic E-state index is 0.120. The van der Waals surface area contributed by atoms with Gasteiger partial charge in [-0.3, -0.25) is 9.05 Å². The summed E-state index contributed by atoms with van der Waals surface area (Å²) in [5.74, 6) is 0.549. The number of phosphoric ester groups is 1. The molecule has 0 heterocycles. The van der Waals surface area contributed by atoms with E-state index < -0.39 is 7.82 Å². The maximum Gasteiger partial charge on any atom is 0.530 e. The van der Waals surface area contributed by atoms with Gasteiger partial charge in [-0.05, 0) is 32.3 Å². The molecule has 114 valence electrons. The predicted octanol–water partition coefficient (Wildman–Crippen LogP) is 4.85. The van der Waals surface area contributed by atoms with Crippen LogP contribution < -0.4 is 4.52 Å². The van der Waals surface area contributed by atoms with Gasteiger partial charge in [0.2, 0.25) is 0 Å². The fourth-order valence-corrected chi connectivity index (χ4v) is 3.05. The normalized spacial score (nSPS) is 12.5. The van der Waals surface area contributed by atoms with Crippen molar-refractivity contribution < 1.29 is 18.1 Å². The minimum Gasteiger partial charge on any atom is -0.404 e. The van der Waals surface area contributed by atoms with E-state index >= 15 is 0 Å². The molecule has 0 aliphatic heterocycles. The standard InChI is InChI=1S/C15H25O4P/c1-7-17-20(16,18-8-2)19-14-10-9-12(3)11-13(14)15(4,5)6/h9-11H,7-8H2,1-6H3. The van der Waals surface area contributed by atoms with Crippen LogP contribution in [0.3, 0.4) is 0 Å². The van der Waals surface area contributed by atoms with Crippen molar-refractivity contribution in [2.45, 2.75) is 47.0 Å². The van der Waals surface area contributed by atoms with E-state index in [0.29, 0.717) is 5.75 Å². The van der Waals surface area contributed by atoms with Crippen LogP contribution in [0.2, 0.25) is 0 Å². The summed E-state index contributed by atoms with van der Waals surface area (Å²) in [6, 6.07) is 5.78. The third-order valence-corrected chi connectivity index (χ3v) is 4.30. The molecule has 0 saturated heterocycles. The van der Waals surface area contributed by atoms with E-state index in [9.17, 15) is 4.57 Å². The van der Waals surface area contributed by atoms with Crippen molar-refractivity contribution in [3.63, 3.8) is 0 Å². The number of hydrogen-bond acceptors (Lipinski definition) is 4. The van der Waals surface area contributed by atoms with Gasteiger partial charge in [0.15, 0.2) is 0 Å². The van der Waals surface area contributed by atoms with Gasteiger partial charge in [0.05, 0.1) is 13.2 Å². The summed E-state index contributed by atoms with van der Waals surface area (Å²) >= 11 is 0. The zero-order valence-electron chi connectivity index (χ0n) is 13.2. The van der Waals surface area contributed by atoms with E-state index in [1.165, 1.54) is 0 Å². The van der Waals surface area contributed by atoms with Crippen LogP contribution in [0.15, 0.2) is 18.2 Å². The average molecular weight is 300 g/mol. The fourth-order valence-electron chi connectivity index (χ4n) is 1.84. The summed E-state index contributed by atoms with van der Waals surface area (Å²) in [6.07, 6.45) is 0. The predicted molar refractivity (Wildman–Crippen MR) is 81.4 cm³/mol. The summed E-state index contributed by atoms with van der Waals surface area (Å²) in [5.41, 5.74) is 1.99. The molecule has 5 heteroatoms. The fraction of sp³-hybridized carbons (Fsp3) is 0.600. The van der Waals surface area contributed by atoms with Crippen molar-refractivity contribution in [3.8, 4) is 5.75 Å². The highest BCUT2D eigenvalue weighted by molar-refractivity contribution is 7.48. The Hall–Kier alpha value is -0.830. The van der Waals surface area contributed by atoms with Crippen LogP contribution in [0, 0.1) is 6.92 Å². The Kier molecular flexibility index (Phi) is 5.81. The first-order valence-corrected chi connectivity index (χ1v) is 8.37. The second-order valence-corrected chi connectivity index (χ2v) is 7.22. The summed E-state index contributed by atoms with van der Waals surface area (Å²) in [4.78, 5) is 0. The molecule has 0 radical (unpaired) electrons. The van der Waals surface area contributed by atoms with Gasteiger partial charge in [0.1, 0.15) is 5.75 Å².